The van der Waals surface area contributed by atoms with Crippen LogP contribution in [0.15, 0.2) is 35.2 Å². The lowest BCUT2D eigenvalue weighted by molar-refractivity contribution is -0.133. The fourth-order valence-electron chi connectivity index (χ4n) is 3.68. The summed E-state index contributed by atoms with van der Waals surface area (Å²) in [6.07, 6.45) is 3.53. The molecule has 26 heavy (non-hydrogen) atoms. The van der Waals surface area contributed by atoms with Crippen molar-refractivity contribution >= 4 is 27.5 Å². The molecule has 7 heteroatoms. The molecule has 0 spiro atoms. The summed E-state index contributed by atoms with van der Waals surface area (Å²) in [4.78, 5) is 17.5. The predicted molar refractivity (Wildman–Crippen MR) is 106 cm³/mol. The normalized spacial score (nSPS) is 22.3. The van der Waals surface area contributed by atoms with E-state index in [0.717, 1.165) is 44.1 Å². The highest BCUT2D eigenvalue weighted by Crippen LogP contribution is 2.21. The highest BCUT2D eigenvalue weighted by molar-refractivity contribution is 7.99. The maximum absolute atomic E-state index is 12.8. The highest BCUT2D eigenvalue weighted by Gasteiger charge is 2.29. The maximum atomic E-state index is 12.8. The molecule has 0 aromatic heterocycles. The number of hydrogen-bond acceptors (Lipinski definition) is 5. The number of amides is 1. The summed E-state index contributed by atoms with van der Waals surface area (Å²) in [7, 11) is -3.41. The first kappa shape index (κ1) is 19.7. The predicted octanol–water partition coefficient (Wildman–Crippen LogP) is 2.28. The summed E-state index contributed by atoms with van der Waals surface area (Å²) >= 11 is 1.91. The molecule has 3 rings (SSSR count). The van der Waals surface area contributed by atoms with E-state index >= 15 is 0 Å². The third kappa shape index (κ3) is 5.24. The highest BCUT2D eigenvalue weighted by atomic mass is 32.2. The number of hydrogen-bond donors (Lipinski definition) is 0. The maximum Gasteiger partial charge on any atom is 0.223 e. The van der Waals surface area contributed by atoms with Crippen LogP contribution in [0.4, 0.5) is 0 Å². The number of carbonyl (C=O) groups excluding carboxylic acids is 1. The zero-order chi connectivity index (χ0) is 18.4. The van der Waals surface area contributed by atoms with Crippen LogP contribution in [0.3, 0.4) is 0 Å². The molecule has 1 aromatic rings. The first-order valence-electron chi connectivity index (χ1n) is 9.44. The van der Waals surface area contributed by atoms with Gasteiger partial charge in [0.05, 0.1) is 16.7 Å². The van der Waals surface area contributed by atoms with Crippen LogP contribution in [0.5, 0.6) is 0 Å². The molecule has 1 unspecified atom stereocenters. The van der Waals surface area contributed by atoms with E-state index in [-0.39, 0.29) is 24.1 Å². The topological polar surface area (TPSA) is 57.7 Å². The van der Waals surface area contributed by atoms with Crippen molar-refractivity contribution in [3.05, 3.63) is 30.3 Å². The van der Waals surface area contributed by atoms with E-state index in [1.165, 1.54) is 12.8 Å². The molecule has 2 heterocycles. The molecule has 144 valence electrons. The molecule has 1 amide bonds. The van der Waals surface area contributed by atoms with Crippen molar-refractivity contribution in [2.45, 2.75) is 36.6 Å². The number of rotatable bonds is 6. The lowest BCUT2D eigenvalue weighted by Crippen LogP contribution is -2.48. The van der Waals surface area contributed by atoms with E-state index < -0.39 is 9.84 Å². The van der Waals surface area contributed by atoms with Crippen molar-refractivity contribution in [2.75, 3.05) is 43.4 Å². The Labute approximate surface area is 161 Å². The van der Waals surface area contributed by atoms with Crippen LogP contribution in [0, 0.1) is 0 Å². The van der Waals surface area contributed by atoms with Crippen LogP contribution in [0.1, 0.15) is 25.7 Å². The van der Waals surface area contributed by atoms with Gasteiger partial charge in [0.2, 0.25) is 5.91 Å². The van der Waals surface area contributed by atoms with Crippen LogP contribution in [-0.2, 0) is 14.6 Å². The minimum atomic E-state index is -3.41. The molecule has 5 nitrogen and oxygen atoms in total. The summed E-state index contributed by atoms with van der Waals surface area (Å²) in [6, 6.07) is 8.62. The minimum absolute atomic E-state index is 0.0174. The second kappa shape index (κ2) is 9.24. The molecule has 0 radical (unpaired) electrons. The van der Waals surface area contributed by atoms with Gasteiger partial charge in [-0.2, -0.15) is 11.8 Å². The van der Waals surface area contributed by atoms with Gasteiger partial charge >= 0.3 is 0 Å². The van der Waals surface area contributed by atoms with Gasteiger partial charge in [-0.15, -0.1) is 0 Å². The zero-order valence-corrected chi connectivity index (χ0v) is 16.8. The van der Waals surface area contributed by atoms with Crippen LogP contribution >= 0.6 is 11.8 Å². The third-order valence-corrected chi connectivity index (χ3v) is 8.04. The van der Waals surface area contributed by atoms with Crippen molar-refractivity contribution in [1.82, 2.24) is 9.80 Å². The Morgan fingerprint density at radius 1 is 1.08 bits per heavy atom. The van der Waals surface area contributed by atoms with Crippen LogP contribution in [0.2, 0.25) is 0 Å². The second-order valence-electron chi connectivity index (χ2n) is 7.06. The average Bonchev–Trinajstić information content (AvgIpc) is 3.05. The zero-order valence-electron chi connectivity index (χ0n) is 15.2. The van der Waals surface area contributed by atoms with Crippen molar-refractivity contribution < 1.29 is 13.2 Å². The molecule has 0 N–H and O–H groups in total. The lowest BCUT2D eigenvalue weighted by atomic mass is 10.2. The Morgan fingerprint density at radius 2 is 1.81 bits per heavy atom. The molecule has 0 aliphatic carbocycles. The lowest BCUT2D eigenvalue weighted by Gasteiger charge is -2.32. The Kier molecular flexibility index (Phi) is 7.00. The number of carbonyl (C=O) groups is 1. The quantitative estimate of drug-likeness (QED) is 0.738. The Morgan fingerprint density at radius 3 is 2.54 bits per heavy atom. The molecule has 1 atom stereocenters. The van der Waals surface area contributed by atoms with Gasteiger partial charge in [0, 0.05) is 25.3 Å². The van der Waals surface area contributed by atoms with E-state index in [9.17, 15) is 13.2 Å². The Bertz CT molecular complexity index is 688. The van der Waals surface area contributed by atoms with E-state index in [1.54, 1.807) is 30.3 Å². The van der Waals surface area contributed by atoms with Gasteiger partial charge < -0.3 is 9.80 Å². The Hall–Kier alpha value is -1.05. The number of thioether (sulfide) groups is 1. The van der Waals surface area contributed by atoms with Crippen LogP contribution in [-0.4, -0.2) is 73.6 Å². The molecular formula is C19H28N2O3S2. The van der Waals surface area contributed by atoms with Crippen molar-refractivity contribution in [2.24, 2.45) is 0 Å². The molecular weight excluding hydrogens is 368 g/mol. The van der Waals surface area contributed by atoms with Gasteiger partial charge in [-0.3, -0.25) is 4.79 Å². The number of sulfone groups is 1. The number of likely N-dealkylation sites (tertiary alicyclic amines) is 1. The smallest absolute Gasteiger partial charge is 0.223 e. The fourth-order valence-corrected chi connectivity index (χ4v) is 5.99. The van der Waals surface area contributed by atoms with Gasteiger partial charge in [-0.25, -0.2) is 8.42 Å². The average molecular weight is 397 g/mol. The van der Waals surface area contributed by atoms with Gasteiger partial charge in [0.15, 0.2) is 9.84 Å². The van der Waals surface area contributed by atoms with Gasteiger partial charge in [-0.05, 0) is 50.2 Å². The molecule has 0 saturated carbocycles. The third-order valence-electron chi connectivity index (χ3n) is 5.11. The summed E-state index contributed by atoms with van der Waals surface area (Å²) < 4.78 is 24.9. The largest absolute Gasteiger partial charge is 0.338 e. The Balaban J connectivity index is 1.62. The van der Waals surface area contributed by atoms with Gasteiger partial charge in [0.1, 0.15) is 0 Å². The van der Waals surface area contributed by atoms with Crippen molar-refractivity contribution in [1.29, 1.82) is 0 Å². The first-order valence-corrected chi connectivity index (χ1v) is 12.2. The van der Waals surface area contributed by atoms with E-state index in [4.69, 9.17) is 0 Å². The monoisotopic (exact) mass is 396 g/mol. The SMILES string of the molecule is O=C(CCS(=O)(=O)c1ccccc1)N1CCCSCC1CN1CCCC1. The van der Waals surface area contributed by atoms with Crippen LogP contribution in [0.25, 0.3) is 0 Å². The van der Waals surface area contributed by atoms with Gasteiger partial charge in [0.25, 0.3) is 0 Å². The summed E-state index contributed by atoms with van der Waals surface area (Å²) in [5, 5.41) is 0. The summed E-state index contributed by atoms with van der Waals surface area (Å²) in [5.41, 5.74) is 0. The summed E-state index contributed by atoms with van der Waals surface area (Å²) in [6.45, 7) is 3.90. The minimum Gasteiger partial charge on any atom is -0.338 e. The summed E-state index contributed by atoms with van der Waals surface area (Å²) in [5.74, 6) is 1.89. The van der Waals surface area contributed by atoms with E-state index in [0.29, 0.717) is 4.90 Å². The molecule has 2 saturated heterocycles. The van der Waals surface area contributed by atoms with Crippen molar-refractivity contribution in [3.63, 3.8) is 0 Å². The number of nitrogens with zero attached hydrogens (tertiary/aromatic N) is 2. The van der Waals surface area contributed by atoms with Crippen LogP contribution < -0.4 is 0 Å². The van der Waals surface area contributed by atoms with Crippen molar-refractivity contribution in [3.8, 4) is 0 Å². The first-order chi connectivity index (χ1) is 12.6. The molecule has 2 aliphatic rings. The second-order valence-corrected chi connectivity index (χ2v) is 10.3. The van der Waals surface area contributed by atoms with E-state index in [1.807, 2.05) is 16.7 Å². The van der Waals surface area contributed by atoms with E-state index in [2.05, 4.69) is 4.90 Å². The fraction of sp³-hybridized carbons (Fsp3) is 0.632. The number of benzene rings is 1. The molecule has 2 fully saturated rings. The standard InChI is InChI=1S/C19H28N2O3S2/c22-19(9-14-26(23,24)18-7-2-1-3-8-18)21-12-6-13-25-16-17(21)15-20-10-4-5-11-20/h1-3,7-8,17H,4-6,9-16H2. The molecule has 0 bridgehead atoms. The molecule has 2 aliphatic heterocycles. The molecule has 1 aromatic carbocycles. The van der Waals surface area contributed by atoms with Gasteiger partial charge in [-0.1, -0.05) is 18.2 Å².